The molecule has 3 nitrogen and oxygen atoms in total. The molecule has 2 aromatic rings. The fraction of sp³-hybridized carbons (Fsp3) is 0.222. The van der Waals surface area contributed by atoms with E-state index in [0.717, 1.165) is 11.1 Å². The van der Waals surface area contributed by atoms with E-state index in [0.29, 0.717) is 24.5 Å². The fourth-order valence-corrected chi connectivity index (χ4v) is 2.21. The lowest BCUT2D eigenvalue weighted by molar-refractivity contribution is -0.119. The third kappa shape index (κ3) is 5.66. The van der Waals surface area contributed by atoms with E-state index in [2.05, 4.69) is 29.7 Å². The molecule has 4 heteroatoms. The van der Waals surface area contributed by atoms with Gasteiger partial charge in [-0.05, 0) is 36.7 Å². The third-order valence-corrected chi connectivity index (χ3v) is 3.56. The van der Waals surface area contributed by atoms with Crippen LogP contribution in [0.5, 0.6) is 0 Å². The Balaban J connectivity index is 1.70. The lowest BCUT2D eigenvalue weighted by atomic mass is 10.1. The monoisotopic (exact) mass is 312 g/mol. The van der Waals surface area contributed by atoms with E-state index >= 15 is 0 Å². The summed E-state index contributed by atoms with van der Waals surface area (Å²) >= 11 is 5.14. The minimum Gasteiger partial charge on any atom is -0.358 e. The minimum atomic E-state index is -0.0646. The van der Waals surface area contributed by atoms with Crippen LogP contribution < -0.4 is 10.6 Å². The van der Waals surface area contributed by atoms with E-state index in [1.54, 1.807) is 0 Å². The van der Waals surface area contributed by atoms with Crippen molar-refractivity contribution in [1.29, 1.82) is 0 Å². The molecule has 2 rings (SSSR count). The first-order valence-electron chi connectivity index (χ1n) is 7.30. The molecule has 0 bridgehead atoms. The lowest BCUT2D eigenvalue weighted by Gasteiger charge is -2.10. The molecule has 0 aromatic heterocycles. The maximum absolute atomic E-state index is 11.8. The summed E-state index contributed by atoms with van der Waals surface area (Å²) in [4.78, 5) is 11.8. The quantitative estimate of drug-likeness (QED) is 0.834. The summed E-state index contributed by atoms with van der Waals surface area (Å²) in [5.74, 6) is -0.0646. The molecule has 0 aliphatic carbocycles. The number of benzene rings is 2. The van der Waals surface area contributed by atoms with Crippen LogP contribution in [-0.2, 0) is 17.8 Å². The second-order valence-corrected chi connectivity index (χ2v) is 5.61. The van der Waals surface area contributed by atoms with Crippen molar-refractivity contribution in [3.63, 3.8) is 0 Å². The zero-order chi connectivity index (χ0) is 15.8. The van der Waals surface area contributed by atoms with Crippen LogP contribution in [0.2, 0.25) is 0 Å². The topological polar surface area (TPSA) is 41.1 Å². The van der Waals surface area contributed by atoms with Crippen molar-refractivity contribution in [2.75, 3.05) is 0 Å². The molecule has 0 fully saturated rings. The molecule has 2 aromatic carbocycles. The van der Waals surface area contributed by atoms with Crippen molar-refractivity contribution in [2.45, 2.75) is 26.3 Å². The predicted octanol–water partition coefficient (Wildman–Crippen LogP) is 3.12. The van der Waals surface area contributed by atoms with Gasteiger partial charge in [0.15, 0.2) is 5.11 Å². The van der Waals surface area contributed by atoms with Crippen LogP contribution >= 0.6 is 12.2 Å². The number of rotatable bonds is 5. The second kappa shape index (κ2) is 8.29. The second-order valence-electron chi connectivity index (χ2n) is 5.20. The van der Waals surface area contributed by atoms with Crippen molar-refractivity contribution < 1.29 is 4.79 Å². The maximum atomic E-state index is 11.8. The van der Waals surface area contributed by atoms with Gasteiger partial charge < -0.3 is 10.6 Å². The van der Waals surface area contributed by atoms with Crippen LogP contribution in [0.25, 0.3) is 0 Å². The summed E-state index contributed by atoms with van der Waals surface area (Å²) in [6.07, 6.45) is 1.14. The van der Waals surface area contributed by atoms with Crippen molar-refractivity contribution in [3.05, 3.63) is 71.3 Å². The average molecular weight is 312 g/mol. The molecular formula is C18H20N2OS. The number of nitrogens with one attached hydrogen (secondary N) is 2. The summed E-state index contributed by atoms with van der Waals surface area (Å²) in [7, 11) is 0. The summed E-state index contributed by atoms with van der Waals surface area (Å²) < 4.78 is 0. The van der Waals surface area contributed by atoms with Crippen molar-refractivity contribution >= 4 is 23.2 Å². The van der Waals surface area contributed by atoms with E-state index in [1.165, 1.54) is 5.56 Å². The van der Waals surface area contributed by atoms with Gasteiger partial charge in [0.05, 0.1) is 0 Å². The summed E-state index contributed by atoms with van der Waals surface area (Å²) in [6.45, 7) is 2.66. The summed E-state index contributed by atoms with van der Waals surface area (Å²) in [5, 5.41) is 6.13. The van der Waals surface area contributed by atoms with Gasteiger partial charge in [0.2, 0.25) is 5.91 Å². The van der Waals surface area contributed by atoms with E-state index in [-0.39, 0.29) is 5.91 Å². The normalized spacial score (nSPS) is 10.0. The highest BCUT2D eigenvalue weighted by Gasteiger charge is 2.05. The van der Waals surface area contributed by atoms with E-state index in [1.807, 2.05) is 42.5 Å². The van der Waals surface area contributed by atoms with Crippen LogP contribution in [0.15, 0.2) is 54.6 Å². The largest absolute Gasteiger partial charge is 0.358 e. The third-order valence-electron chi connectivity index (χ3n) is 3.31. The van der Waals surface area contributed by atoms with Gasteiger partial charge in [0.1, 0.15) is 0 Å². The minimum absolute atomic E-state index is 0.0646. The van der Waals surface area contributed by atoms with Crippen LogP contribution in [-0.4, -0.2) is 11.0 Å². The standard InChI is InChI=1S/C18H20N2OS/c1-14-7-9-16(10-8-14)13-19-18(22)20-17(21)12-11-15-5-3-2-4-6-15/h2-10H,11-13H2,1H3,(H2,19,20,21,22). The SMILES string of the molecule is Cc1ccc(CNC(=S)NC(=O)CCc2ccccc2)cc1. The van der Waals surface area contributed by atoms with Gasteiger partial charge in [-0.25, -0.2) is 0 Å². The smallest absolute Gasteiger partial charge is 0.226 e. The molecule has 0 atom stereocenters. The molecule has 0 spiro atoms. The first-order chi connectivity index (χ1) is 10.6. The number of carbonyl (C=O) groups excluding carboxylic acids is 1. The molecule has 0 heterocycles. The molecule has 114 valence electrons. The Morgan fingerprint density at radius 2 is 1.68 bits per heavy atom. The van der Waals surface area contributed by atoms with E-state index < -0.39 is 0 Å². The van der Waals surface area contributed by atoms with Gasteiger partial charge >= 0.3 is 0 Å². The van der Waals surface area contributed by atoms with Crippen molar-refractivity contribution in [1.82, 2.24) is 10.6 Å². The molecule has 0 aliphatic rings. The Hall–Kier alpha value is -2.20. The van der Waals surface area contributed by atoms with Gasteiger partial charge in [-0.3, -0.25) is 4.79 Å². The van der Waals surface area contributed by atoms with Gasteiger partial charge in [-0.2, -0.15) is 0 Å². The van der Waals surface area contributed by atoms with Crippen molar-refractivity contribution in [3.8, 4) is 0 Å². The zero-order valence-electron chi connectivity index (χ0n) is 12.6. The molecule has 0 radical (unpaired) electrons. The Morgan fingerprint density at radius 1 is 1.00 bits per heavy atom. The first kappa shape index (κ1) is 16.2. The molecule has 0 aliphatic heterocycles. The van der Waals surface area contributed by atoms with Crippen LogP contribution in [0.3, 0.4) is 0 Å². The number of amides is 1. The molecule has 0 saturated heterocycles. The Labute approximate surface area is 136 Å². The summed E-state index contributed by atoms with van der Waals surface area (Å²) in [6, 6.07) is 18.1. The Kier molecular flexibility index (Phi) is 6.10. The highest BCUT2D eigenvalue weighted by atomic mass is 32.1. The Morgan fingerprint density at radius 3 is 2.36 bits per heavy atom. The zero-order valence-corrected chi connectivity index (χ0v) is 13.5. The molecule has 2 N–H and O–H groups in total. The highest BCUT2D eigenvalue weighted by Crippen LogP contribution is 2.03. The lowest BCUT2D eigenvalue weighted by Crippen LogP contribution is -2.38. The first-order valence-corrected chi connectivity index (χ1v) is 7.71. The number of hydrogen-bond donors (Lipinski definition) is 2. The number of thiocarbonyl (C=S) groups is 1. The van der Waals surface area contributed by atoms with Crippen LogP contribution in [0.1, 0.15) is 23.1 Å². The van der Waals surface area contributed by atoms with Gasteiger partial charge in [0.25, 0.3) is 0 Å². The summed E-state index contributed by atoms with van der Waals surface area (Å²) in [5.41, 5.74) is 3.50. The molecule has 1 amide bonds. The molecular weight excluding hydrogens is 292 g/mol. The van der Waals surface area contributed by atoms with Crippen LogP contribution in [0, 0.1) is 6.92 Å². The molecule has 0 unspecified atom stereocenters. The number of aryl methyl sites for hydroxylation is 2. The predicted molar refractivity (Wildman–Crippen MR) is 93.5 cm³/mol. The van der Waals surface area contributed by atoms with Gasteiger partial charge in [0, 0.05) is 13.0 Å². The molecule has 22 heavy (non-hydrogen) atoms. The van der Waals surface area contributed by atoms with Gasteiger partial charge in [-0.15, -0.1) is 0 Å². The van der Waals surface area contributed by atoms with Crippen LogP contribution in [0.4, 0.5) is 0 Å². The van der Waals surface area contributed by atoms with E-state index in [9.17, 15) is 4.79 Å². The fourth-order valence-electron chi connectivity index (χ4n) is 2.02. The number of carbonyl (C=O) groups is 1. The maximum Gasteiger partial charge on any atom is 0.226 e. The Bertz CT molecular complexity index is 623. The molecule has 0 saturated carbocycles. The van der Waals surface area contributed by atoms with E-state index in [4.69, 9.17) is 12.2 Å². The van der Waals surface area contributed by atoms with Gasteiger partial charge in [-0.1, -0.05) is 60.2 Å². The number of hydrogen-bond acceptors (Lipinski definition) is 2. The van der Waals surface area contributed by atoms with Crippen molar-refractivity contribution in [2.24, 2.45) is 0 Å². The average Bonchev–Trinajstić information content (AvgIpc) is 2.53. The highest BCUT2D eigenvalue weighted by molar-refractivity contribution is 7.80.